The lowest BCUT2D eigenvalue weighted by atomic mass is 9.78. The van der Waals surface area contributed by atoms with Crippen molar-refractivity contribution in [3.05, 3.63) is 0 Å². The van der Waals surface area contributed by atoms with Crippen molar-refractivity contribution in [1.82, 2.24) is 10.2 Å². The van der Waals surface area contributed by atoms with Gasteiger partial charge in [-0.25, -0.2) is 0 Å². The van der Waals surface area contributed by atoms with Gasteiger partial charge in [0.25, 0.3) is 0 Å². The number of nitrogens with one attached hydrogen (secondary N) is 1. The Labute approximate surface area is 113 Å². The van der Waals surface area contributed by atoms with Crippen molar-refractivity contribution in [3.8, 4) is 0 Å². The van der Waals surface area contributed by atoms with Crippen LogP contribution in [0.3, 0.4) is 0 Å². The molecular formula is C16H30N2. The average Bonchev–Trinajstić information content (AvgIpc) is 3.23. The van der Waals surface area contributed by atoms with Crippen LogP contribution >= 0.6 is 0 Å². The maximum atomic E-state index is 3.94. The first-order chi connectivity index (χ1) is 8.74. The fraction of sp³-hybridized carbons (Fsp3) is 1.00. The second-order valence-corrected chi connectivity index (χ2v) is 7.03. The Bertz CT molecular complexity index is 277. The summed E-state index contributed by atoms with van der Waals surface area (Å²) in [5.41, 5.74) is 0.479. The largest absolute Gasteiger partial charge is 0.308 e. The topological polar surface area (TPSA) is 15.3 Å². The summed E-state index contributed by atoms with van der Waals surface area (Å²) >= 11 is 0. The highest BCUT2D eigenvalue weighted by molar-refractivity contribution is 5.02. The molecule has 0 bridgehead atoms. The van der Waals surface area contributed by atoms with Crippen LogP contribution in [0.2, 0.25) is 0 Å². The smallest absolute Gasteiger partial charge is 0.0309 e. The van der Waals surface area contributed by atoms with Gasteiger partial charge >= 0.3 is 0 Å². The molecule has 1 saturated heterocycles. The Morgan fingerprint density at radius 2 is 1.94 bits per heavy atom. The van der Waals surface area contributed by atoms with Gasteiger partial charge in [0.05, 0.1) is 0 Å². The molecule has 3 fully saturated rings. The third-order valence-electron chi connectivity index (χ3n) is 5.78. The van der Waals surface area contributed by atoms with E-state index < -0.39 is 0 Å². The summed E-state index contributed by atoms with van der Waals surface area (Å²) in [5, 5.41) is 3.94. The summed E-state index contributed by atoms with van der Waals surface area (Å²) in [6.07, 6.45) is 11.4. The fourth-order valence-corrected chi connectivity index (χ4v) is 4.25. The minimum Gasteiger partial charge on any atom is -0.308 e. The summed E-state index contributed by atoms with van der Waals surface area (Å²) in [7, 11) is 0. The minimum atomic E-state index is 0.479. The first-order valence-electron chi connectivity index (χ1n) is 8.25. The molecule has 0 radical (unpaired) electrons. The predicted octanol–water partition coefficient (Wildman–Crippen LogP) is 3.17. The van der Waals surface area contributed by atoms with E-state index in [0.29, 0.717) is 5.54 Å². The summed E-state index contributed by atoms with van der Waals surface area (Å²) in [6.45, 7) is 7.40. The van der Waals surface area contributed by atoms with Gasteiger partial charge < -0.3 is 5.32 Å². The van der Waals surface area contributed by atoms with E-state index in [-0.39, 0.29) is 0 Å². The van der Waals surface area contributed by atoms with Gasteiger partial charge in [0.2, 0.25) is 0 Å². The third-order valence-corrected chi connectivity index (χ3v) is 5.78. The molecule has 104 valence electrons. The molecule has 2 unspecified atom stereocenters. The fourth-order valence-electron chi connectivity index (χ4n) is 4.25. The molecular weight excluding hydrogens is 220 g/mol. The van der Waals surface area contributed by atoms with E-state index in [0.717, 1.165) is 18.0 Å². The van der Waals surface area contributed by atoms with Gasteiger partial charge in [-0.3, -0.25) is 4.90 Å². The van der Waals surface area contributed by atoms with Crippen LogP contribution < -0.4 is 5.32 Å². The summed E-state index contributed by atoms with van der Waals surface area (Å²) in [5.74, 6) is 1.01. The van der Waals surface area contributed by atoms with Crippen LogP contribution in [0, 0.1) is 5.92 Å². The van der Waals surface area contributed by atoms with Crippen LogP contribution in [0.5, 0.6) is 0 Å². The van der Waals surface area contributed by atoms with Crippen molar-refractivity contribution in [2.24, 2.45) is 5.92 Å². The number of nitrogens with zero attached hydrogens (tertiary/aromatic N) is 1. The lowest BCUT2D eigenvalue weighted by molar-refractivity contribution is 0.0211. The van der Waals surface area contributed by atoms with Gasteiger partial charge in [-0.1, -0.05) is 26.2 Å². The summed E-state index contributed by atoms with van der Waals surface area (Å²) in [6, 6.07) is 1.61. The minimum absolute atomic E-state index is 0.479. The molecule has 0 aromatic carbocycles. The second kappa shape index (κ2) is 5.13. The zero-order chi connectivity index (χ0) is 12.6. The molecule has 3 aliphatic rings. The monoisotopic (exact) mass is 250 g/mol. The van der Waals surface area contributed by atoms with Crippen molar-refractivity contribution in [2.45, 2.75) is 82.8 Å². The quantitative estimate of drug-likeness (QED) is 0.827. The highest BCUT2D eigenvalue weighted by atomic mass is 15.3. The first-order valence-corrected chi connectivity index (χ1v) is 8.25. The van der Waals surface area contributed by atoms with Gasteiger partial charge in [0, 0.05) is 30.7 Å². The molecule has 0 amide bonds. The maximum Gasteiger partial charge on any atom is 0.0309 e. The van der Waals surface area contributed by atoms with Gasteiger partial charge in [-0.05, 0) is 44.9 Å². The van der Waals surface area contributed by atoms with E-state index >= 15 is 0 Å². The van der Waals surface area contributed by atoms with E-state index in [4.69, 9.17) is 0 Å². The Hall–Kier alpha value is -0.0800. The maximum absolute atomic E-state index is 3.94. The number of hydrogen-bond donors (Lipinski definition) is 1. The third kappa shape index (κ3) is 2.46. The van der Waals surface area contributed by atoms with E-state index in [1.807, 2.05) is 0 Å². The molecule has 1 aliphatic heterocycles. The van der Waals surface area contributed by atoms with E-state index in [1.165, 1.54) is 64.5 Å². The van der Waals surface area contributed by atoms with Crippen molar-refractivity contribution in [1.29, 1.82) is 0 Å². The summed E-state index contributed by atoms with van der Waals surface area (Å²) in [4.78, 5) is 2.87. The average molecular weight is 250 g/mol. The van der Waals surface area contributed by atoms with Crippen molar-refractivity contribution < 1.29 is 0 Å². The molecule has 1 spiro atoms. The van der Waals surface area contributed by atoms with Gasteiger partial charge in [0.1, 0.15) is 0 Å². The zero-order valence-electron chi connectivity index (χ0n) is 12.3. The van der Waals surface area contributed by atoms with Crippen molar-refractivity contribution in [2.75, 3.05) is 13.1 Å². The Morgan fingerprint density at radius 1 is 1.22 bits per heavy atom. The Kier molecular flexibility index (Phi) is 3.68. The van der Waals surface area contributed by atoms with Crippen molar-refractivity contribution >= 4 is 0 Å². The number of rotatable bonds is 3. The molecule has 2 nitrogen and oxygen atoms in total. The van der Waals surface area contributed by atoms with Gasteiger partial charge in [-0.15, -0.1) is 0 Å². The second-order valence-electron chi connectivity index (χ2n) is 7.03. The molecule has 1 N–H and O–H groups in total. The number of piperazine rings is 1. The number of hydrogen-bond acceptors (Lipinski definition) is 2. The molecule has 2 aliphatic carbocycles. The highest BCUT2D eigenvalue weighted by Gasteiger charge is 2.43. The van der Waals surface area contributed by atoms with E-state index in [2.05, 4.69) is 24.1 Å². The van der Waals surface area contributed by atoms with E-state index in [1.54, 1.807) is 0 Å². The molecule has 18 heavy (non-hydrogen) atoms. The standard InChI is InChI=1S/C16H30N2/c1-3-15-11-17-16(9-5-4-6-10-16)12-18(15)13(2)14-7-8-14/h13-15,17H,3-12H2,1-2H3. The SMILES string of the molecule is CCC1CNC2(CCCCC2)CN1C(C)C1CC1. The molecule has 0 aromatic heterocycles. The van der Waals surface area contributed by atoms with Crippen molar-refractivity contribution in [3.63, 3.8) is 0 Å². The molecule has 2 atom stereocenters. The van der Waals surface area contributed by atoms with Crippen LogP contribution in [0.4, 0.5) is 0 Å². The Balaban J connectivity index is 1.70. The van der Waals surface area contributed by atoms with Gasteiger partial charge in [-0.2, -0.15) is 0 Å². The molecule has 2 heteroatoms. The van der Waals surface area contributed by atoms with Crippen LogP contribution in [-0.2, 0) is 0 Å². The highest BCUT2D eigenvalue weighted by Crippen LogP contribution is 2.39. The molecule has 2 saturated carbocycles. The molecule has 1 heterocycles. The van der Waals surface area contributed by atoms with Crippen LogP contribution in [-0.4, -0.2) is 35.6 Å². The lowest BCUT2D eigenvalue weighted by Gasteiger charge is -2.51. The van der Waals surface area contributed by atoms with Crippen LogP contribution in [0.15, 0.2) is 0 Å². The summed E-state index contributed by atoms with van der Waals surface area (Å²) < 4.78 is 0. The lowest BCUT2D eigenvalue weighted by Crippen LogP contribution is -2.66. The Morgan fingerprint density at radius 3 is 2.56 bits per heavy atom. The van der Waals surface area contributed by atoms with Crippen LogP contribution in [0.1, 0.15) is 65.2 Å². The molecule has 0 aromatic rings. The molecule has 3 rings (SSSR count). The van der Waals surface area contributed by atoms with E-state index in [9.17, 15) is 0 Å². The van der Waals surface area contributed by atoms with Crippen LogP contribution in [0.25, 0.3) is 0 Å². The van der Waals surface area contributed by atoms with Gasteiger partial charge in [0.15, 0.2) is 0 Å². The first kappa shape index (κ1) is 12.9. The normalized spacial score (nSPS) is 34.7. The predicted molar refractivity (Wildman–Crippen MR) is 76.8 cm³/mol. The zero-order valence-corrected chi connectivity index (χ0v) is 12.3.